The minimum absolute atomic E-state index is 0.769. The van der Waals surface area contributed by atoms with Crippen molar-refractivity contribution < 1.29 is 4.74 Å². The van der Waals surface area contributed by atoms with E-state index in [0.717, 1.165) is 45.0 Å². The molecule has 5 nitrogen and oxygen atoms in total. The Morgan fingerprint density at radius 1 is 1.44 bits per heavy atom. The van der Waals surface area contributed by atoms with Gasteiger partial charge < -0.3 is 10.1 Å². The minimum atomic E-state index is 0.769. The lowest BCUT2D eigenvalue weighted by atomic mass is 10.3. The van der Waals surface area contributed by atoms with Crippen LogP contribution in [0.3, 0.4) is 0 Å². The van der Waals surface area contributed by atoms with E-state index < -0.39 is 0 Å². The third-order valence-corrected chi connectivity index (χ3v) is 2.87. The van der Waals surface area contributed by atoms with Gasteiger partial charge in [0, 0.05) is 39.8 Å². The molecule has 5 heteroatoms. The van der Waals surface area contributed by atoms with Gasteiger partial charge in [-0.25, -0.2) is 0 Å². The summed E-state index contributed by atoms with van der Waals surface area (Å²) in [7, 11) is 3.86. The molecule has 0 spiro atoms. The van der Waals surface area contributed by atoms with Gasteiger partial charge in [-0.1, -0.05) is 0 Å². The standard InChI is InChI=1S/C13H26N4O/c1-5-17-13(10-12(2)15-17)11-16(3)8-6-14-7-9-18-4/h10,14H,5-9,11H2,1-4H3. The van der Waals surface area contributed by atoms with Crippen molar-refractivity contribution in [2.24, 2.45) is 0 Å². The van der Waals surface area contributed by atoms with Crippen LogP contribution in [0.4, 0.5) is 0 Å². The fourth-order valence-corrected chi connectivity index (χ4v) is 1.92. The molecule has 1 N–H and O–H groups in total. The number of aryl methyl sites for hydroxylation is 2. The minimum Gasteiger partial charge on any atom is -0.383 e. The van der Waals surface area contributed by atoms with Crippen LogP contribution in [0.25, 0.3) is 0 Å². The van der Waals surface area contributed by atoms with Gasteiger partial charge in [-0.05, 0) is 27.0 Å². The molecule has 1 heterocycles. The Kier molecular flexibility index (Phi) is 6.93. The average molecular weight is 254 g/mol. The van der Waals surface area contributed by atoms with Gasteiger partial charge in [0.1, 0.15) is 0 Å². The average Bonchev–Trinajstić information content (AvgIpc) is 2.69. The summed E-state index contributed by atoms with van der Waals surface area (Å²) < 4.78 is 7.06. The Morgan fingerprint density at radius 2 is 2.22 bits per heavy atom. The molecule has 0 bridgehead atoms. The van der Waals surface area contributed by atoms with Crippen molar-refractivity contribution in [2.45, 2.75) is 26.9 Å². The van der Waals surface area contributed by atoms with Gasteiger partial charge in [-0.2, -0.15) is 5.10 Å². The second-order valence-corrected chi connectivity index (χ2v) is 4.57. The summed E-state index contributed by atoms with van der Waals surface area (Å²) in [5.41, 5.74) is 2.38. The second kappa shape index (κ2) is 8.24. The molecule has 0 aliphatic carbocycles. The van der Waals surface area contributed by atoms with Gasteiger partial charge in [-0.3, -0.25) is 9.58 Å². The van der Waals surface area contributed by atoms with E-state index in [1.807, 2.05) is 6.92 Å². The molecule has 0 saturated carbocycles. The number of ether oxygens (including phenoxy) is 1. The largest absolute Gasteiger partial charge is 0.383 e. The lowest BCUT2D eigenvalue weighted by Crippen LogP contribution is -2.31. The quantitative estimate of drug-likeness (QED) is 0.664. The van der Waals surface area contributed by atoms with Crippen LogP contribution in [-0.2, 0) is 17.8 Å². The summed E-state index contributed by atoms with van der Waals surface area (Å²) in [4.78, 5) is 2.31. The van der Waals surface area contributed by atoms with Gasteiger partial charge in [0.25, 0.3) is 0 Å². The van der Waals surface area contributed by atoms with Crippen molar-refractivity contribution in [3.8, 4) is 0 Å². The molecule has 1 aromatic heterocycles. The highest BCUT2D eigenvalue weighted by atomic mass is 16.5. The van der Waals surface area contributed by atoms with Crippen LogP contribution >= 0.6 is 0 Å². The first kappa shape index (κ1) is 15.1. The van der Waals surface area contributed by atoms with Crippen molar-refractivity contribution in [2.75, 3.05) is 40.4 Å². The number of methoxy groups -OCH3 is 1. The summed E-state index contributed by atoms with van der Waals surface area (Å²) in [6, 6.07) is 2.17. The maximum atomic E-state index is 4.99. The molecule has 1 rings (SSSR count). The highest BCUT2D eigenvalue weighted by Crippen LogP contribution is 2.06. The molecule has 104 valence electrons. The van der Waals surface area contributed by atoms with Crippen molar-refractivity contribution in [3.63, 3.8) is 0 Å². The Balaban J connectivity index is 2.28. The normalized spacial score (nSPS) is 11.4. The van der Waals surface area contributed by atoms with Gasteiger partial charge in [0.2, 0.25) is 0 Å². The number of hydrogen-bond acceptors (Lipinski definition) is 4. The number of likely N-dealkylation sites (N-methyl/N-ethyl adjacent to an activating group) is 1. The molecule has 1 aromatic rings. The SMILES string of the molecule is CCn1nc(C)cc1CN(C)CCNCCOC. The molecule has 0 radical (unpaired) electrons. The van der Waals surface area contributed by atoms with Gasteiger partial charge in [0.05, 0.1) is 18.0 Å². The summed E-state index contributed by atoms with van der Waals surface area (Å²) in [5, 5.41) is 7.81. The van der Waals surface area contributed by atoms with Crippen molar-refractivity contribution >= 4 is 0 Å². The summed E-state index contributed by atoms with van der Waals surface area (Å²) in [6.45, 7) is 9.74. The number of nitrogens with one attached hydrogen (secondary N) is 1. The van der Waals surface area contributed by atoms with Crippen molar-refractivity contribution in [3.05, 3.63) is 17.5 Å². The topological polar surface area (TPSA) is 42.3 Å². The molecule has 0 aliphatic heterocycles. The molecular weight excluding hydrogens is 228 g/mol. The Bertz CT molecular complexity index is 338. The number of aromatic nitrogens is 2. The molecule has 0 aromatic carbocycles. The number of nitrogens with zero attached hydrogens (tertiary/aromatic N) is 3. The molecular formula is C13H26N4O. The summed E-state index contributed by atoms with van der Waals surface area (Å²) in [5.74, 6) is 0. The monoisotopic (exact) mass is 254 g/mol. The van der Waals surface area contributed by atoms with Crippen molar-refractivity contribution in [1.82, 2.24) is 20.0 Å². The van der Waals surface area contributed by atoms with E-state index in [-0.39, 0.29) is 0 Å². The Labute approximate surface area is 110 Å². The first-order chi connectivity index (χ1) is 8.67. The zero-order valence-corrected chi connectivity index (χ0v) is 12.1. The first-order valence-electron chi connectivity index (χ1n) is 6.59. The van der Waals surface area contributed by atoms with E-state index in [0.29, 0.717) is 0 Å². The fourth-order valence-electron chi connectivity index (χ4n) is 1.92. The van der Waals surface area contributed by atoms with E-state index in [2.05, 4.69) is 40.0 Å². The smallest absolute Gasteiger partial charge is 0.0597 e. The van der Waals surface area contributed by atoms with Crippen LogP contribution < -0.4 is 5.32 Å². The summed E-state index contributed by atoms with van der Waals surface area (Å²) in [6.07, 6.45) is 0. The van der Waals surface area contributed by atoms with Crippen LogP contribution in [-0.4, -0.2) is 55.1 Å². The lowest BCUT2D eigenvalue weighted by Gasteiger charge is -2.17. The Hall–Kier alpha value is -0.910. The molecule has 0 aliphatic rings. The predicted molar refractivity (Wildman–Crippen MR) is 73.7 cm³/mol. The van der Waals surface area contributed by atoms with Crippen LogP contribution in [0.5, 0.6) is 0 Å². The molecule has 0 unspecified atom stereocenters. The molecule has 18 heavy (non-hydrogen) atoms. The molecule has 0 atom stereocenters. The zero-order chi connectivity index (χ0) is 13.4. The number of hydrogen-bond donors (Lipinski definition) is 1. The van der Waals surface area contributed by atoms with E-state index in [1.165, 1.54) is 5.69 Å². The van der Waals surface area contributed by atoms with Crippen molar-refractivity contribution in [1.29, 1.82) is 0 Å². The fraction of sp³-hybridized carbons (Fsp3) is 0.769. The maximum Gasteiger partial charge on any atom is 0.0597 e. The van der Waals surface area contributed by atoms with E-state index in [4.69, 9.17) is 4.74 Å². The molecule has 0 fully saturated rings. The second-order valence-electron chi connectivity index (χ2n) is 4.57. The van der Waals surface area contributed by atoms with E-state index in [1.54, 1.807) is 7.11 Å². The van der Waals surface area contributed by atoms with Crippen LogP contribution in [0.2, 0.25) is 0 Å². The van der Waals surface area contributed by atoms with E-state index in [9.17, 15) is 0 Å². The number of rotatable bonds is 9. The van der Waals surface area contributed by atoms with Gasteiger partial charge in [-0.15, -0.1) is 0 Å². The first-order valence-corrected chi connectivity index (χ1v) is 6.59. The lowest BCUT2D eigenvalue weighted by molar-refractivity contribution is 0.197. The summed E-state index contributed by atoms with van der Waals surface area (Å²) >= 11 is 0. The molecule has 0 amide bonds. The molecule has 0 saturated heterocycles. The predicted octanol–water partition coefficient (Wildman–Crippen LogP) is 0.879. The third kappa shape index (κ3) is 5.16. The van der Waals surface area contributed by atoms with Gasteiger partial charge in [0.15, 0.2) is 0 Å². The third-order valence-electron chi connectivity index (χ3n) is 2.87. The van der Waals surface area contributed by atoms with Crippen LogP contribution in [0.1, 0.15) is 18.3 Å². The van der Waals surface area contributed by atoms with E-state index >= 15 is 0 Å². The highest BCUT2D eigenvalue weighted by molar-refractivity contribution is 5.08. The maximum absolute atomic E-state index is 4.99. The Morgan fingerprint density at radius 3 is 2.89 bits per heavy atom. The van der Waals surface area contributed by atoms with Gasteiger partial charge >= 0.3 is 0 Å². The highest BCUT2D eigenvalue weighted by Gasteiger charge is 2.06. The van der Waals surface area contributed by atoms with Crippen LogP contribution in [0.15, 0.2) is 6.07 Å². The van der Waals surface area contributed by atoms with Crippen LogP contribution in [0, 0.1) is 6.92 Å². The zero-order valence-electron chi connectivity index (χ0n) is 12.1.